The number of hydrogen-bond donors (Lipinski definition) is 0. The van der Waals surface area contributed by atoms with Crippen molar-refractivity contribution in [2.24, 2.45) is 5.92 Å². The Hall–Kier alpha value is -2.30. The number of esters is 1. The van der Waals surface area contributed by atoms with Gasteiger partial charge in [0.2, 0.25) is 0 Å². The molecule has 0 radical (unpaired) electrons. The third kappa shape index (κ3) is 6.14. The molecular weight excluding hydrogens is 294 g/mol. The number of rotatable bonds is 9. The molecule has 1 aromatic carbocycles. The standard InChI is InChI=1S/C18H25NO4/c1-5-10-19(12-14(3)18(21)22-4)17(20)13-23-16-9-7-8-15(6-2)11-16/h5,7-9,11,14H,1,6,10,12-13H2,2-4H3. The molecule has 0 N–H and O–H groups in total. The molecule has 1 unspecified atom stereocenters. The predicted octanol–water partition coefficient (Wildman–Crippen LogP) is 2.45. The van der Waals surface area contributed by atoms with Gasteiger partial charge in [0.1, 0.15) is 5.75 Å². The van der Waals surface area contributed by atoms with E-state index in [0.29, 0.717) is 12.3 Å². The van der Waals surface area contributed by atoms with Crippen LogP contribution in [0.25, 0.3) is 0 Å². The van der Waals surface area contributed by atoms with Crippen LogP contribution in [-0.2, 0) is 20.7 Å². The second-order valence-electron chi connectivity index (χ2n) is 5.30. The summed E-state index contributed by atoms with van der Waals surface area (Å²) in [5.41, 5.74) is 1.15. The molecular formula is C18H25NO4. The number of amides is 1. The highest BCUT2D eigenvalue weighted by Gasteiger charge is 2.21. The molecule has 0 spiro atoms. The quantitative estimate of drug-likeness (QED) is 0.518. The molecule has 1 atom stereocenters. The summed E-state index contributed by atoms with van der Waals surface area (Å²) >= 11 is 0. The SMILES string of the molecule is C=CCN(CC(C)C(=O)OC)C(=O)COc1cccc(CC)c1. The summed E-state index contributed by atoms with van der Waals surface area (Å²) in [6.07, 6.45) is 2.53. The van der Waals surface area contributed by atoms with Crippen molar-refractivity contribution in [2.45, 2.75) is 20.3 Å². The van der Waals surface area contributed by atoms with E-state index in [4.69, 9.17) is 9.47 Å². The van der Waals surface area contributed by atoms with Crippen LogP contribution in [-0.4, -0.2) is 43.6 Å². The molecule has 0 saturated heterocycles. The van der Waals surface area contributed by atoms with Gasteiger partial charge in [-0.3, -0.25) is 9.59 Å². The highest BCUT2D eigenvalue weighted by atomic mass is 16.5. The Labute approximate surface area is 137 Å². The van der Waals surface area contributed by atoms with Crippen LogP contribution in [0.2, 0.25) is 0 Å². The zero-order valence-electron chi connectivity index (χ0n) is 14.1. The minimum atomic E-state index is -0.396. The zero-order chi connectivity index (χ0) is 17.2. The van der Waals surface area contributed by atoms with Crippen molar-refractivity contribution in [3.63, 3.8) is 0 Å². The van der Waals surface area contributed by atoms with Gasteiger partial charge in [-0.2, -0.15) is 0 Å². The Kier molecular flexibility index (Phi) is 7.88. The van der Waals surface area contributed by atoms with E-state index in [1.54, 1.807) is 13.0 Å². The number of ether oxygens (including phenoxy) is 2. The molecule has 0 aromatic heterocycles. The molecule has 126 valence electrons. The number of hydrogen-bond acceptors (Lipinski definition) is 4. The Bertz CT molecular complexity index is 542. The first-order valence-corrected chi connectivity index (χ1v) is 7.70. The Balaban J connectivity index is 2.63. The van der Waals surface area contributed by atoms with E-state index < -0.39 is 5.92 Å². The highest BCUT2D eigenvalue weighted by Crippen LogP contribution is 2.14. The van der Waals surface area contributed by atoms with E-state index in [1.807, 2.05) is 24.3 Å². The molecule has 0 heterocycles. The normalized spacial score (nSPS) is 11.4. The summed E-state index contributed by atoms with van der Waals surface area (Å²) in [5.74, 6) is -0.268. The summed E-state index contributed by atoms with van der Waals surface area (Å²) in [7, 11) is 1.34. The molecule has 1 aromatic rings. The fraction of sp³-hybridized carbons (Fsp3) is 0.444. The van der Waals surface area contributed by atoms with Crippen molar-refractivity contribution < 1.29 is 19.1 Å². The monoisotopic (exact) mass is 319 g/mol. The first-order chi connectivity index (χ1) is 11.0. The van der Waals surface area contributed by atoms with Gasteiger partial charge in [-0.05, 0) is 24.1 Å². The lowest BCUT2D eigenvalue weighted by Crippen LogP contribution is -2.40. The highest BCUT2D eigenvalue weighted by molar-refractivity contribution is 5.79. The largest absolute Gasteiger partial charge is 0.484 e. The molecule has 0 aliphatic carbocycles. The fourth-order valence-electron chi connectivity index (χ4n) is 2.13. The van der Waals surface area contributed by atoms with Crippen molar-refractivity contribution in [3.8, 4) is 5.75 Å². The molecule has 5 nitrogen and oxygen atoms in total. The second kappa shape index (κ2) is 9.66. The van der Waals surface area contributed by atoms with Gasteiger partial charge in [0.25, 0.3) is 5.91 Å². The first-order valence-electron chi connectivity index (χ1n) is 7.70. The van der Waals surface area contributed by atoms with Crippen molar-refractivity contribution in [2.75, 3.05) is 26.8 Å². The van der Waals surface area contributed by atoms with E-state index in [1.165, 1.54) is 12.0 Å². The van der Waals surface area contributed by atoms with Gasteiger partial charge in [-0.1, -0.05) is 32.1 Å². The second-order valence-corrected chi connectivity index (χ2v) is 5.30. The zero-order valence-corrected chi connectivity index (χ0v) is 14.1. The fourth-order valence-corrected chi connectivity index (χ4v) is 2.13. The van der Waals surface area contributed by atoms with Crippen molar-refractivity contribution >= 4 is 11.9 Å². The number of nitrogens with zero attached hydrogens (tertiary/aromatic N) is 1. The predicted molar refractivity (Wildman–Crippen MR) is 89.3 cm³/mol. The van der Waals surface area contributed by atoms with E-state index >= 15 is 0 Å². The van der Waals surface area contributed by atoms with Crippen LogP contribution in [0.3, 0.4) is 0 Å². The summed E-state index contributed by atoms with van der Waals surface area (Å²) in [4.78, 5) is 25.4. The van der Waals surface area contributed by atoms with Crippen LogP contribution in [0.4, 0.5) is 0 Å². The number of aryl methyl sites for hydroxylation is 1. The van der Waals surface area contributed by atoms with Gasteiger partial charge < -0.3 is 14.4 Å². The first kappa shape index (κ1) is 18.7. The lowest BCUT2D eigenvalue weighted by molar-refractivity contribution is -0.146. The van der Waals surface area contributed by atoms with Crippen LogP contribution < -0.4 is 4.74 Å². The molecule has 0 bridgehead atoms. The van der Waals surface area contributed by atoms with Crippen molar-refractivity contribution in [1.82, 2.24) is 4.90 Å². The third-order valence-electron chi connectivity index (χ3n) is 3.47. The van der Waals surface area contributed by atoms with Gasteiger partial charge in [0.05, 0.1) is 13.0 Å². The Morgan fingerprint density at radius 1 is 1.39 bits per heavy atom. The molecule has 23 heavy (non-hydrogen) atoms. The Morgan fingerprint density at radius 2 is 2.13 bits per heavy atom. The summed E-state index contributed by atoms with van der Waals surface area (Å²) < 4.78 is 10.3. The van der Waals surface area contributed by atoms with Crippen LogP contribution in [0, 0.1) is 5.92 Å². The number of methoxy groups -OCH3 is 1. The van der Waals surface area contributed by atoms with Crippen molar-refractivity contribution in [1.29, 1.82) is 0 Å². The molecule has 1 amide bonds. The van der Waals surface area contributed by atoms with Crippen molar-refractivity contribution in [3.05, 3.63) is 42.5 Å². The topological polar surface area (TPSA) is 55.8 Å². The molecule has 1 rings (SSSR count). The maximum atomic E-state index is 12.3. The lowest BCUT2D eigenvalue weighted by Gasteiger charge is -2.23. The van der Waals surface area contributed by atoms with Gasteiger partial charge in [0.15, 0.2) is 6.61 Å². The van der Waals surface area contributed by atoms with Crippen LogP contribution in [0.15, 0.2) is 36.9 Å². The molecule has 0 saturated carbocycles. The maximum Gasteiger partial charge on any atom is 0.310 e. The number of carbonyl (C=O) groups is 2. The van der Waals surface area contributed by atoms with E-state index in [-0.39, 0.29) is 25.0 Å². The average Bonchev–Trinajstić information content (AvgIpc) is 2.58. The molecule has 0 fully saturated rings. The summed E-state index contributed by atoms with van der Waals surface area (Å²) in [6.45, 7) is 7.99. The van der Waals surface area contributed by atoms with Gasteiger partial charge in [-0.15, -0.1) is 6.58 Å². The maximum absolute atomic E-state index is 12.3. The third-order valence-corrected chi connectivity index (χ3v) is 3.47. The molecule has 0 aliphatic rings. The van der Waals surface area contributed by atoms with Crippen LogP contribution in [0.5, 0.6) is 5.75 Å². The summed E-state index contributed by atoms with van der Waals surface area (Å²) in [5, 5.41) is 0. The number of benzene rings is 1. The smallest absolute Gasteiger partial charge is 0.310 e. The van der Waals surface area contributed by atoms with E-state index in [9.17, 15) is 9.59 Å². The van der Waals surface area contributed by atoms with Gasteiger partial charge in [0, 0.05) is 13.1 Å². The molecule has 0 aliphatic heterocycles. The van der Waals surface area contributed by atoms with Gasteiger partial charge >= 0.3 is 5.97 Å². The van der Waals surface area contributed by atoms with E-state index in [2.05, 4.69) is 13.5 Å². The van der Waals surface area contributed by atoms with Crippen LogP contribution in [0.1, 0.15) is 19.4 Å². The van der Waals surface area contributed by atoms with E-state index in [0.717, 1.165) is 12.0 Å². The number of carbonyl (C=O) groups excluding carboxylic acids is 2. The van der Waals surface area contributed by atoms with Crippen LogP contribution >= 0.6 is 0 Å². The molecule has 5 heteroatoms. The lowest BCUT2D eigenvalue weighted by atomic mass is 10.1. The Morgan fingerprint density at radius 3 is 2.74 bits per heavy atom. The summed E-state index contributed by atoms with van der Waals surface area (Å²) in [6, 6.07) is 7.65. The minimum Gasteiger partial charge on any atom is -0.484 e. The van der Waals surface area contributed by atoms with Gasteiger partial charge in [-0.25, -0.2) is 0 Å². The minimum absolute atomic E-state index is 0.0745. The average molecular weight is 319 g/mol.